The number of rotatable bonds is 37. The number of carbonyl (C=O) groups is 3. The van der Waals surface area contributed by atoms with Gasteiger partial charge in [-0.25, -0.2) is 4.57 Å². The molecule has 0 aromatic carbocycles. The van der Waals surface area contributed by atoms with Crippen LogP contribution in [0.15, 0.2) is 60.8 Å². The fraction of sp³-hybridized carbons (Fsp3) is 0.690. The molecule has 0 saturated carbocycles. The first kappa shape index (κ1) is 52.1. The van der Waals surface area contributed by atoms with Gasteiger partial charge in [0, 0.05) is 12.8 Å². The predicted molar refractivity (Wildman–Crippen MR) is 218 cm³/mol. The molecule has 0 bridgehead atoms. The summed E-state index contributed by atoms with van der Waals surface area (Å²) in [5, 5.41) is 18.7. The Bertz CT molecular complexity index is 1180. The lowest BCUT2D eigenvalue weighted by molar-refractivity contribution is -0.161. The molecule has 12 nitrogen and oxygen atoms in total. The number of unbranched alkanes of at least 4 members (excludes halogenated alkanes) is 11. The van der Waals surface area contributed by atoms with Crippen LogP contribution in [0, 0.1) is 0 Å². The van der Waals surface area contributed by atoms with Crippen molar-refractivity contribution in [3.8, 4) is 0 Å². The Labute approximate surface area is 330 Å². The van der Waals surface area contributed by atoms with Gasteiger partial charge < -0.3 is 30.3 Å². The number of phosphoric ester groups is 1. The molecule has 0 aromatic rings. The molecule has 0 aliphatic carbocycles. The zero-order chi connectivity index (χ0) is 40.8. The molecule has 316 valence electrons. The van der Waals surface area contributed by atoms with Gasteiger partial charge in [0.25, 0.3) is 0 Å². The number of carboxylic acid groups (broad SMARTS) is 1. The van der Waals surface area contributed by atoms with E-state index in [4.69, 9.17) is 24.8 Å². The quantitative estimate of drug-likeness (QED) is 0.0202. The molecule has 13 heteroatoms. The number of aliphatic carboxylic acids is 1. The monoisotopic (exact) mass is 797 g/mol. The molecule has 0 heterocycles. The van der Waals surface area contributed by atoms with E-state index in [1.165, 1.54) is 25.7 Å². The van der Waals surface area contributed by atoms with E-state index in [-0.39, 0.29) is 25.6 Å². The summed E-state index contributed by atoms with van der Waals surface area (Å²) in [5.74, 6) is -2.50. The Morgan fingerprint density at radius 2 is 1.15 bits per heavy atom. The summed E-state index contributed by atoms with van der Waals surface area (Å²) in [5.41, 5.74) is 5.31. The number of ether oxygens (including phenoxy) is 2. The molecule has 0 spiro atoms. The summed E-state index contributed by atoms with van der Waals surface area (Å²) in [6.45, 7) is 2.54. The minimum atomic E-state index is -4.74. The first-order valence-corrected chi connectivity index (χ1v) is 21.9. The second kappa shape index (κ2) is 36.8. The average molecular weight is 798 g/mol. The first-order chi connectivity index (χ1) is 26.5. The highest BCUT2D eigenvalue weighted by molar-refractivity contribution is 7.47. The van der Waals surface area contributed by atoms with E-state index < -0.39 is 51.1 Å². The van der Waals surface area contributed by atoms with Crippen LogP contribution in [-0.2, 0) is 37.5 Å². The fourth-order valence-corrected chi connectivity index (χ4v) is 5.79. The maximum atomic E-state index is 12.6. The van der Waals surface area contributed by atoms with E-state index in [1.54, 1.807) is 0 Å². The maximum absolute atomic E-state index is 12.6. The number of hydrogen-bond acceptors (Lipinski definition) is 10. The smallest absolute Gasteiger partial charge is 0.472 e. The number of allylic oxidation sites excluding steroid dienone is 9. The average Bonchev–Trinajstić information content (AvgIpc) is 3.15. The molecule has 4 atom stereocenters. The van der Waals surface area contributed by atoms with Gasteiger partial charge in [0.05, 0.1) is 19.3 Å². The van der Waals surface area contributed by atoms with Crippen LogP contribution in [0.5, 0.6) is 0 Å². The van der Waals surface area contributed by atoms with Crippen molar-refractivity contribution in [1.29, 1.82) is 0 Å². The highest BCUT2D eigenvalue weighted by Gasteiger charge is 2.28. The third kappa shape index (κ3) is 36.5. The maximum Gasteiger partial charge on any atom is 0.472 e. The molecule has 0 aliphatic rings. The molecule has 0 rings (SSSR count). The summed E-state index contributed by atoms with van der Waals surface area (Å²) < 4.78 is 32.5. The summed E-state index contributed by atoms with van der Waals surface area (Å²) in [6, 6.07) is -1.54. The van der Waals surface area contributed by atoms with Gasteiger partial charge in [0.15, 0.2) is 6.10 Å². The van der Waals surface area contributed by atoms with Crippen LogP contribution in [0.1, 0.15) is 149 Å². The molecule has 0 aromatic heterocycles. The van der Waals surface area contributed by atoms with Crippen LogP contribution in [-0.4, -0.2) is 71.1 Å². The Hall–Kier alpha value is -2.86. The van der Waals surface area contributed by atoms with Gasteiger partial charge in [0.2, 0.25) is 0 Å². The lowest BCUT2D eigenvalue weighted by Crippen LogP contribution is -2.34. The zero-order valence-corrected chi connectivity index (χ0v) is 34.5. The first-order valence-electron chi connectivity index (χ1n) is 20.4. The third-order valence-corrected chi connectivity index (χ3v) is 9.26. The van der Waals surface area contributed by atoms with Gasteiger partial charge in [-0.3, -0.25) is 23.4 Å². The second-order valence-corrected chi connectivity index (χ2v) is 15.0. The Morgan fingerprint density at radius 3 is 1.78 bits per heavy atom. The number of aliphatic hydroxyl groups excluding tert-OH is 1. The highest BCUT2D eigenvalue weighted by atomic mass is 31.2. The van der Waals surface area contributed by atoms with E-state index in [0.717, 1.165) is 77.0 Å². The van der Waals surface area contributed by atoms with E-state index in [1.807, 2.05) is 24.3 Å². The molecule has 0 fully saturated rings. The van der Waals surface area contributed by atoms with Gasteiger partial charge in [-0.05, 0) is 70.6 Å². The SMILES string of the molecule is CCCCCC/C=C\CCCCCCCC(=O)OC[C@H](COP(=O)(O)OC[C@H](N)C(=O)O)OC(=O)CCC/C=C\C/C=C\C/C=C\C/C=C\[C@H](O)CCCC. The van der Waals surface area contributed by atoms with Crippen molar-refractivity contribution < 1.29 is 52.6 Å². The lowest BCUT2D eigenvalue weighted by atomic mass is 10.1. The van der Waals surface area contributed by atoms with E-state index >= 15 is 0 Å². The van der Waals surface area contributed by atoms with Crippen molar-refractivity contribution in [1.82, 2.24) is 0 Å². The minimum Gasteiger partial charge on any atom is -0.480 e. The van der Waals surface area contributed by atoms with Crippen molar-refractivity contribution in [2.24, 2.45) is 5.73 Å². The molecule has 0 radical (unpaired) electrons. The fourth-order valence-electron chi connectivity index (χ4n) is 5.01. The van der Waals surface area contributed by atoms with Crippen molar-refractivity contribution >= 4 is 25.7 Å². The topological polar surface area (TPSA) is 192 Å². The van der Waals surface area contributed by atoms with Crippen molar-refractivity contribution in [3.63, 3.8) is 0 Å². The number of phosphoric acid groups is 1. The van der Waals surface area contributed by atoms with Crippen molar-refractivity contribution in [3.05, 3.63) is 60.8 Å². The van der Waals surface area contributed by atoms with Crippen molar-refractivity contribution in [2.45, 2.75) is 167 Å². The zero-order valence-electron chi connectivity index (χ0n) is 33.6. The second-order valence-electron chi connectivity index (χ2n) is 13.6. The highest BCUT2D eigenvalue weighted by Crippen LogP contribution is 2.43. The summed E-state index contributed by atoms with van der Waals surface area (Å²) >= 11 is 0. The number of esters is 2. The van der Waals surface area contributed by atoms with Gasteiger partial charge in [-0.2, -0.15) is 0 Å². The van der Waals surface area contributed by atoms with Crippen molar-refractivity contribution in [2.75, 3.05) is 19.8 Å². The Balaban J connectivity index is 4.56. The van der Waals surface area contributed by atoms with Gasteiger partial charge >= 0.3 is 25.7 Å². The summed E-state index contributed by atoms with van der Waals surface area (Å²) in [7, 11) is -4.74. The number of carboxylic acids is 1. The van der Waals surface area contributed by atoms with Crippen LogP contribution < -0.4 is 5.73 Å². The standard InChI is InChI=1S/C42H72NO11P/c1-3-5-7-8-9-10-11-12-16-19-22-25-28-32-40(45)51-34-38(35-52-55(49,50)53-36-39(43)42(47)48)54-41(46)33-29-26-23-20-17-14-13-15-18-21-24-27-31-37(44)30-6-4-2/h10-11,13-14,18,20-21,23,27,31,37-39,44H,3-9,12,15-17,19,22,24-26,28-30,32-36,43H2,1-2H3,(H,47,48)(H,49,50)/b11-10-,14-13-,21-18-,23-20-,31-27-/t37-,38-,39+/m1/s1. The van der Waals surface area contributed by atoms with Gasteiger partial charge in [0.1, 0.15) is 12.6 Å². The molecule has 0 amide bonds. The molecule has 55 heavy (non-hydrogen) atoms. The number of carbonyl (C=O) groups excluding carboxylic acids is 2. The van der Waals surface area contributed by atoms with Crippen LogP contribution >= 0.6 is 7.82 Å². The molecular formula is C42H72NO11P. The van der Waals surface area contributed by atoms with Crippen LogP contribution in [0.4, 0.5) is 0 Å². The molecule has 0 aliphatic heterocycles. The largest absolute Gasteiger partial charge is 0.480 e. The number of nitrogens with two attached hydrogens (primary N) is 1. The molecule has 0 saturated heterocycles. The molecular weight excluding hydrogens is 725 g/mol. The van der Waals surface area contributed by atoms with E-state index in [0.29, 0.717) is 19.3 Å². The van der Waals surface area contributed by atoms with E-state index in [9.17, 15) is 28.9 Å². The van der Waals surface area contributed by atoms with Crippen LogP contribution in [0.25, 0.3) is 0 Å². The van der Waals surface area contributed by atoms with E-state index in [2.05, 4.69) is 54.8 Å². The number of hydrogen-bond donors (Lipinski definition) is 4. The Morgan fingerprint density at radius 1 is 0.636 bits per heavy atom. The Kier molecular flexibility index (Phi) is 34.8. The third-order valence-electron chi connectivity index (χ3n) is 8.31. The van der Waals surface area contributed by atoms with Crippen LogP contribution in [0.3, 0.4) is 0 Å². The predicted octanol–water partition coefficient (Wildman–Crippen LogP) is 9.36. The summed E-state index contributed by atoms with van der Waals surface area (Å²) in [4.78, 5) is 45.8. The lowest BCUT2D eigenvalue weighted by Gasteiger charge is -2.20. The summed E-state index contributed by atoms with van der Waals surface area (Å²) in [6.07, 6.45) is 37.7. The molecule has 1 unspecified atom stereocenters. The number of aliphatic hydroxyl groups is 1. The van der Waals surface area contributed by atoms with Gasteiger partial charge in [-0.15, -0.1) is 0 Å². The minimum absolute atomic E-state index is 0.0645. The molecule has 5 N–H and O–H groups in total. The normalized spacial score (nSPS) is 15.0. The van der Waals surface area contributed by atoms with Gasteiger partial charge in [-0.1, -0.05) is 126 Å². The van der Waals surface area contributed by atoms with Crippen LogP contribution in [0.2, 0.25) is 0 Å².